The molecular formula is C30H38N4O3S. The van der Waals surface area contributed by atoms with E-state index in [9.17, 15) is 13.2 Å². The molecule has 202 valence electrons. The van der Waals surface area contributed by atoms with Crippen LogP contribution in [-0.4, -0.2) is 34.4 Å². The van der Waals surface area contributed by atoms with Crippen LogP contribution in [0.3, 0.4) is 0 Å². The molecule has 0 amide bonds. The van der Waals surface area contributed by atoms with Gasteiger partial charge in [-0.3, -0.25) is 4.79 Å². The number of hydrogen-bond acceptors (Lipinski definition) is 6. The molecule has 8 heteroatoms. The highest BCUT2D eigenvalue weighted by Gasteiger charge is 2.58. The van der Waals surface area contributed by atoms with E-state index in [4.69, 9.17) is 0 Å². The van der Waals surface area contributed by atoms with Crippen molar-refractivity contribution >= 4 is 15.6 Å². The van der Waals surface area contributed by atoms with Crippen LogP contribution in [0.25, 0.3) is 0 Å². The Morgan fingerprint density at radius 3 is 2.61 bits per heavy atom. The standard InChI is InChI=1S/C30H38N4O3S/c1-19-5-8-23(9-6-19)38(36,37)28-31-32-33-34(28)18-20(2)25-11-12-26-24-10-7-21-17-22(35)13-15-29(21,3)27(24)14-16-30(25,26)4/h5-10,17,20,24-27H,11-16,18H2,1-4H3/t20-,24+,25-,26+,27+,29+,30-/m1/s1. The highest BCUT2D eigenvalue weighted by atomic mass is 32.2. The Labute approximate surface area is 225 Å². The molecule has 38 heavy (non-hydrogen) atoms. The lowest BCUT2D eigenvalue weighted by Crippen LogP contribution is -2.49. The Balaban J connectivity index is 1.24. The van der Waals surface area contributed by atoms with Gasteiger partial charge in [0.25, 0.3) is 5.16 Å². The third-order valence-electron chi connectivity index (χ3n) is 10.8. The van der Waals surface area contributed by atoms with E-state index in [0.717, 1.165) is 18.4 Å². The summed E-state index contributed by atoms with van der Waals surface area (Å²) in [5.41, 5.74) is 2.53. The van der Waals surface area contributed by atoms with Crippen LogP contribution in [0.15, 0.2) is 58.1 Å². The fourth-order valence-electron chi connectivity index (χ4n) is 8.70. The maximum Gasteiger partial charge on any atom is 0.272 e. The van der Waals surface area contributed by atoms with Crippen molar-refractivity contribution in [2.75, 3.05) is 0 Å². The molecule has 4 aliphatic rings. The lowest BCUT2D eigenvalue weighted by Gasteiger charge is -2.56. The molecular weight excluding hydrogens is 496 g/mol. The third kappa shape index (κ3) is 3.85. The topological polar surface area (TPSA) is 94.8 Å². The van der Waals surface area contributed by atoms with Gasteiger partial charge < -0.3 is 0 Å². The van der Waals surface area contributed by atoms with Gasteiger partial charge in [0.1, 0.15) is 0 Å². The van der Waals surface area contributed by atoms with Crippen LogP contribution in [0, 0.1) is 47.3 Å². The molecule has 0 radical (unpaired) electrons. The van der Waals surface area contributed by atoms with Crippen LogP contribution in [0.4, 0.5) is 0 Å². The van der Waals surface area contributed by atoms with E-state index in [-0.39, 0.29) is 32.6 Å². The maximum atomic E-state index is 13.3. The summed E-state index contributed by atoms with van der Waals surface area (Å²) in [6, 6.07) is 6.83. The first-order chi connectivity index (χ1) is 18.0. The summed E-state index contributed by atoms with van der Waals surface area (Å²) in [6.07, 6.45) is 12.9. The molecule has 1 aromatic heterocycles. The molecule has 0 unspecified atom stereocenters. The molecule has 4 aliphatic carbocycles. The van der Waals surface area contributed by atoms with Gasteiger partial charge in [-0.1, -0.05) is 55.7 Å². The number of carbonyl (C=O) groups excluding carboxylic acids is 1. The Morgan fingerprint density at radius 2 is 1.84 bits per heavy atom. The predicted molar refractivity (Wildman–Crippen MR) is 144 cm³/mol. The number of nitrogens with zero attached hydrogens (tertiary/aromatic N) is 4. The zero-order chi connectivity index (χ0) is 26.9. The van der Waals surface area contributed by atoms with Crippen LogP contribution in [0.5, 0.6) is 0 Å². The molecule has 0 aliphatic heterocycles. The van der Waals surface area contributed by atoms with Gasteiger partial charge in [0.2, 0.25) is 9.84 Å². The van der Waals surface area contributed by atoms with Crippen LogP contribution in [0.1, 0.15) is 64.9 Å². The molecule has 7 nitrogen and oxygen atoms in total. The molecule has 2 saturated carbocycles. The fraction of sp³-hybridized carbons (Fsp3) is 0.600. The zero-order valence-corrected chi connectivity index (χ0v) is 23.6. The Kier molecular flexibility index (Phi) is 6.05. The van der Waals surface area contributed by atoms with E-state index in [0.29, 0.717) is 36.6 Å². The van der Waals surface area contributed by atoms with E-state index in [1.165, 1.54) is 29.5 Å². The quantitative estimate of drug-likeness (QED) is 0.512. The molecule has 6 rings (SSSR count). The summed E-state index contributed by atoms with van der Waals surface area (Å²) in [6.45, 7) is 9.51. The lowest BCUT2D eigenvalue weighted by molar-refractivity contribution is -0.116. The Bertz CT molecular complexity index is 1430. The number of allylic oxidation sites excluding steroid dienone is 4. The molecule has 1 aromatic carbocycles. The number of ketones is 1. The summed E-state index contributed by atoms with van der Waals surface area (Å²) >= 11 is 0. The largest absolute Gasteiger partial charge is 0.295 e. The molecule has 0 spiro atoms. The first-order valence-corrected chi connectivity index (χ1v) is 15.5. The van der Waals surface area contributed by atoms with Crippen molar-refractivity contribution in [1.29, 1.82) is 0 Å². The number of rotatable bonds is 5. The minimum Gasteiger partial charge on any atom is -0.295 e. The van der Waals surface area contributed by atoms with Crippen molar-refractivity contribution < 1.29 is 13.2 Å². The van der Waals surface area contributed by atoms with E-state index in [2.05, 4.69) is 48.4 Å². The molecule has 2 aromatic rings. The minimum absolute atomic E-state index is 0.0779. The predicted octanol–water partition coefficient (Wildman–Crippen LogP) is 5.37. The fourth-order valence-corrected chi connectivity index (χ4v) is 9.94. The normalized spacial score (nSPS) is 35.3. The van der Waals surface area contributed by atoms with Crippen LogP contribution < -0.4 is 0 Å². The van der Waals surface area contributed by atoms with Crippen molar-refractivity contribution in [3.8, 4) is 0 Å². The number of hydrogen-bond donors (Lipinski definition) is 0. The van der Waals surface area contributed by atoms with Crippen LogP contribution in [-0.2, 0) is 21.2 Å². The SMILES string of the molecule is Cc1ccc(S(=O)(=O)c2nnnn2C[C@@H](C)[C@H]2CC[C@H]3[C@@H]4C=CC5=CC(=O)CC[C@]5(C)[C@H]4CC[C@]23C)cc1. The summed E-state index contributed by atoms with van der Waals surface area (Å²) in [5, 5.41) is 11.7. The second-order valence-electron chi connectivity index (χ2n) is 12.8. The van der Waals surface area contributed by atoms with Gasteiger partial charge in [0, 0.05) is 13.0 Å². The summed E-state index contributed by atoms with van der Waals surface area (Å²) in [5.74, 6) is 2.70. The summed E-state index contributed by atoms with van der Waals surface area (Å²) < 4.78 is 28.2. The van der Waals surface area contributed by atoms with Gasteiger partial charge in [0.05, 0.1) is 4.90 Å². The van der Waals surface area contributed by atoms with Crippen molar-refractivity contribution in [1.82, 2.24) is 20.2 Å². The average Bonchev–Trinajstić information content (AvgIpc) is 3.49. The van der Waals surface area contributed by atoms with Gasteiger partial charge in [-0.15, -0.1) is 0 Å². The van der Waals surface area contributed by atoms with Crippen molar-refractivity contribution in [2.24, 2.45) is 40.4 Å². The second kappa shape index (κ2) is 8.97. The molecule has 0 N–H and O–H groups in total. The average molecular weight is 535 g/mol. The van der Waals surface area contributed by atoms with Crippen molar-refractivity contribution in [3.63, 3.8) is 0 Å². The minimum atomic E-state index is -3.80. The van der Waals surface area contributed by atoms with Crippen LogP contribution in [0.2, 0.25) is 0 Å². The molecule has 2 fully saturated rings. The van der Waals surface area contributed by atoms with E-state index < -0.39 is 9.84 Å². The number of tetrazole rings is 1. The molecule has 0 bridgehead atoms. The zero-order valence-electron chi connectivity index (χ0n) is 22.8. The number of benzene rings is 1. The van der Waals surface area contributed by atoms with Gasteiger partial charge in [-0.25, -0.2) is 13.1 Å². The second-order valence-corrected chi connectivity index (χ2v) is 14.6. The number of aryl methyl sites for hydroxylation is 1. The monoisotopic (exact) mass is 534 g/mol. The number of aromatic nitrogens is 4. The van der Waals surface area contributed by atoms with Gasteiger partial charge in [0.15, 0.2) is 5.78 Å². The van der Waals surface area contributed by atoms with Crippen LogP contribution >= 0.6 is 0 Å². The highest BCUT2D eigenvalue weighted by molar-refractivity contribution is 7.91. The summed E-state index contributed by atoms with van der Waals surface area (Å²) in [4.78, 5) is 12.3. The lowest BCUT2D eigenvalue weighted by atomic mass is 9.48. The number of fused-ring (bicyclic) bond motifs is 5. The smallest absolute Gasteiger partial charge is 0.272 e. The van der Waals surface area contributed by atoms with E-state index >= 15 is 0 Å². The Morgan fingerprint density at radius 1 is 1.08 bits per heavy atom. The van der Waals surface area contributed by atoms with Gasteiger partial charge in [-0.2, -0.15) is 0 Å². The van der Waals surface area contributed by atoms with Crippen molar-refractivity contribution in [2.45, 2.75) is 82.8 Å². The Hall–Kier alpha value is -2.61. The van der Waals surface area contributed by atoms with E-state index in [1.807, 2.05) is 13.0 Å². The highest BCUT2D eigenvalue weighted by Crippen LogP contribution is 2.66. The molecule has 1 heterocycles. The van der Waals surface area contributed by atoms with Gasteiger partial charge >= 0.3 is 0 Å². The molecule has 0 saturated heterocycles. The molecule has 7 atom stereocenters. The first-order valence-electron chi connectivity index (χ1n) is 14.1. The maximum absolute atomic E-state index is 13.3. The summed E-state index contributed by atoms with van der Waals surface area (Å²) in [7, 11) is -3.80. The number of sulfone groups is 1. The first kappa shape index (κ1) is 25.7. The number of carbonyl (C=O) groups is 1. The van der Waals surface area contributed by atoms with Crippen molar-refractivity contribution in [3.05, 3.63) is 53.6 Å². The van der Waals surface area contributed by atoms with E-state index in [1.54, 1.807) is 24.3 Å². The third-order valence-corrected chi connectivity index (χ3v) is 12.5. The van der Waals surface area contributed by atoms with Gasteiger partial charge in [-0.05, 0) is 114 Å².